The highest BCUT2D eigenvalue weighted by Gasteiger charge is 2.23. The molecule has 0 saturated heterocycles. The fourth-order valence-corrected chi connectivity index (χ4v) is 4.33. The van der Waals surface area contributed by atoms with Gasteiger partial charge in [-0.1, -0.05) is 12.2 Å². The molecular weight excluding hydrogens is 312 g/mol. The summed E-state index contributed by atoms with van der Waals surface area (Å²) in [4.78, 5) is 0.209. The summed E-state index contributed by atoms with van der Waals surface area (Å²) in [5.41, 5.74) is 5.34. The highest BCUT2D eigenvalue weighted by atomic mass is 32.2. The molecule has 0 atom stereocenters. The number of nitrogens with two attached hydrogens (primary N) is 1. The van der Waals surface area contributed by atoms with Gasteiger partial charge in [0.2, 0.25) is 10.0 Å². The molecule has 0 saturated carbocycles. The number of hydrogen-bond acceptors (Lipinski definition) is 6. The number of hydrogen-bond donors (Lipinski definition) is 1. The van der Waals surface area contributed by atoms with Crippen LogP contribution in [0.1, 0.15) is 6.42 Å². The summed E-state index contributed by atoms with van der Waals surface area (Å²) in [6.45, 7) is 0.492. The Morgan fingerprint density at radius 3 is 2.21 bits per heavy atom. The van der Waals surface area contributed by atoms with Crippen molar-refractivity contribution in [2.75, 3.05) is 44.6 Å². The van der Waals surface area contributed by atoms with Crippen molar-refractivity contribution < 1.29 is 21.6 Å². The summed E-state index contributed by atoms with van der Waals surface area (Å²) in [6.07, 6.45) is 1.24. The Morgan fingerprint density at radius 1 is 1.21 bits per heavy atom. The topological polar surface area (TPSA) is 107 Å². The van der Waals surface area contributed by atoms with Gasteiger partial charge in [-0.15, -0.1) is 0 Å². The van der Waals surface area contributed by atoms with E-state index >= 15 is 0 Å². The molecule has 0 aliphatic heterocycles. The molecule has 0 aromatic carbocycles. The van der Waals surface area contributed by atoms with Gasteiger partial charge in [0.15, 0.2) is 0 Å². The zero-order valence-electron chi connectivity index (χ0n) is 11.0. The van der Waals surface area contributed by atoms with E-state index < -0.39 is 31.4 Å². The minimum absolute atomic E-state index is 0.130. The number of sulfone groups is 1. The molecule has 0 radical (unpaired) electrons. The second-order valence-corrected chi connectivity index (χ2v) is 8.93. The van der Waals surface area contributed by atoms with Crippen LogP contribution in [0, 0.1) is 0 Å². The fourth-order valence-electron chi connectivity index (χ4n) is 1.20. The summed E-state index contributed by atoms with van der Waals surface area (Å²) in [6, 6.07) is 0. The van der Waals surface area contributed by atoms with E-state index in [4.69, 9.17) is 22.7 Å². The van der Waals surface area contributed by atoms with Crippen molar-refractivity contribution >= 4 is 37.1 Å². The van der Waals surface area contributed by atoms with Gasteiger partial charge in [-0.3, -0.25) is 0 Å². The van der Waals surface area contributed by atoms with Gasteiger partial charge in [0.25, 0.3) is 0 Å². The molecule has 0 rings (SSSR count). The summed E-state index contributed by atoms with van der Waals surface area (Å²) in [5, 5.41) is 0. The van der Waals surface area contributed by atoms with Crippen LogP contribution in [-0.4, -0.2) is 70.7 Å². The van der Waals surface area contributed by atoms with Gasteiger partial charge in [0, 0.05) is 32.9 Å². The first-order valence-corrected chi connectivity index (χ1v) is 9.59. The van der Waals surface area contributed by atoms with E-state index in [1.165, 1.54) is 7.11 Å². The molecule has 0 fully saturated rings. The maximum absolute atomic E-state index is 12.0. The zero-order valence-corrected chi connectivity index (χ0v) is 13.5. The van der Waals surface area contributed by atoms with Crippen molar-refractivity contribution in [3.63, 3.8) is 0 Å². The van der Waals surface area contributed by atoms with Crippen molar-refractivity contribution in [1.82, 2.24) is 4.31 Å². The van der Waals surface area contributed by atoms with E-state index in [-0.39, 0.29) is 31.1 Å². The maximum atomic E-state index is 12.0. The predicted octanol–water partition coefficient (Wildman–Crippen LogP) is -1.01. The van der Waals surface area contributed by atoms with E-state index in [0.717, 1.165) is 10.6 Å². The lowest BCUT2D eigenvalue weighted by Gasteiger charge is -2.21. The Hall–Kier alpha value is -0.290. The van der Waals surface area contributed by atoms with Crippen LogP contribution in [0.2, 0.25) is 0 Å². The first-order chi connectivity index (χ1) is 8.58. The predicted molar refractivity (Wildman–Crippen MR) is 78.3 cm³/mol. The van der Waals surface area contributed by atoms with Gasteiger partial charge in [-0.2, -0.15) is 4.31 Å². The normalized spacial score (nSPS) is 12.8. The van der Waals surface area contributed by atoms with E-state index in [2.05, 4.69) is 0 Å². The SMILES string of the molecule is COCCN(CCC(N)=S)S(=O)(=O)CCS(C)(=O)=O. The minimum Gasteiger partial charge on any atom is -0.393 e. The van der Waals surface area contributed by atoms with Crippen LogP contribution >= 0.6 is 12.2 Å². The van der Waals surface area contributed by atoms with Gasteiger partial charge in [0.1, 0.15) is 9.84 Å². The average Bonchev–Trinajstić information content (AvgIpc) is 2.25. The van der Waals surface area contributed by atoms with Gasteiger partial charge in [0.05, 0.1) is 23.1 Å². The number of rotatable bonds is 10. The molecule has 0 aliphatic rings. The average molecular weight is 332 g/mol. The van der Waals surface area contributed by atoms with Crippen LogP contribution in [-0.2, 0) is 24.6 Å². The lowest BCUT2D eigenvalue weighted by atomic mass is 10.4. The third-order valence-corrected chi connectivity index (χ3v) is 5.54. The Morgan fingerprint density at radius 2 is 1.79 bits per heavy atom. The Bertz CT molecular complexity index is 486. The molecule has 0 aromatic heterocycles. The summed E-state index contributed by atoms with van der Waals surface area (Å²) in [5.74, 6) is -0.862. The van der Waals surface area contributed by atoms with Crippen LogP contribution in [0.5, 0.6) is 0 Å². The van der Waals surface area contributed by atoms with Gasteiger partial charge in [-0.05, 0) is 0 Å². The van der Waals surface area contributed by atoms with Crippen molar-refractivity contribution in [2.45, 2.75) is 6.42 Å². The second kappa shape index (κ2) is 8.10. The number of sulfonamides is 1. The van der Waals surface area contributed by atoms with Crippen LogP contribution in [0.3, 0.4) is 0 Å². The van der Waals surface area contributed by atoms with Crippen molar-refractivity contribution in [1.29, 1.82) is 0 Å². The highest BCUT2D eigenvalue weighted by molar-refractivity contribution is 7.93. The maximum Gasteiger partial charge on any atom is 0.215 e. The largest absolute Gasteiger partial charge is 0.393 e. The lowest BCUT2D eigenvalue weighted by molar-refractivity contribution is 0.180. The molecular formula is C9H20N2O5S3. The zero-order chi connectivity index (χ0) is 15.1. The molecule has 0 bridgehead atoms. The summed E-state index contributed by atoms with van der Waals surface area (Å²) in [7, 11) is -5.54. The summed E-state index contributed by atoms with van der Waals surface area (Å²) >= 11 is 4.70. The number of nitrogens with zero attached hydrogens (tertiary/aromatic N) is 1. The quantitative estimate of drug-likeness (QED) is 0.511. The van der Waals surface area contributed by atoms with Crippen LogP contribution in [0.25, 0.3) is 0 Å². The molecule has 0 aromatic rings. The van der Waals surface area contributed by atoms with Crippen LogP contribution in [0.4, 0.5) is 0 Å². The van der Waals surface area contributed by atoms with Gasteiger partial charge in [-0.25, -0.2) is 16.8 Å². The van der Waals surface area contributed by atoms with E-state index in [1.807, 2.05) is 0 Å². The van der Waals surface area contributed by atoms with Crippen molar-refractivity contribution in [2.24, 2.45) is 5.73 Å². The van der Waals surface area contributed by atoms with E-state index in [0.29, 0.717) is 0 Å². The van der Waals surface area contributed by atoms with Crippen molar-refractivity contribution in [3.8, 4) is 0 Å². The molecule has 7 nitrogen and oxygen atoms in total. The van der Waals surface area contributed by atoms with Crippen LogP contribution < -0.4 is 5.73 Å². The molecule has 0 unspecified atom stereocenters. The standard InChI is InChI=1S/C9H20N2O5S3/c1-16-6-5-11(4-3-9(10)17)19(14,15)8-7-18(2,12)13/h3-8H2,1-2H3,(H2,10,17). The smallest absolute Gasteiger partial charge is 0.215 e. The Labute approximate surface area is 120 Å². The first-order valence-electron chi connectivity index (χ1n) is 5.51. The summed E-state index contributed by atoms with van der Waals surface area (Å²) < 4.78 is 52.1. The number of thiocarbonyl (C=S) groups is 1. The van der Waals surface area contributed by atoms with Crippen LogP contribution in [0.15, 0.2) is 0 Å². The highest BCUT2D eigenvalue weighted by Crippen LogP contribution is 2.04. The molecule has 19 heavy (non-hydrogen) atoms. The fraction of sp³-hybridized carbons (Fsp3) is 0.889. The lowest BCUT2D eigenvalue weighted by Crippen LogP contribution is -2.39. The molecule has 114 valence electrons. The van der Waals surface area contributed by atoms with Gasteiger partial charge < -0.3 is 10.5 Å². The minimum atomic E-state index is -3.66. The monoisotopic (exact) mass is 332 g/mol. The first kappa shape index (κ1) is 18.7. The van der Waals surface area contributed by atoms with Gasteiger partial charge >= 0.3 is 0 Å². The molecule has 0 spiro atoms. The molecule has 0 aliphatic carbocycles. The third kappa shape index (κ3) is 9.27. The van der Waals surface area contributed by atoms with E-state index in [9.17, 15) is 16.8 Å². The molecule has 10 heteroatoms. The van der Waals surface area contributed by atoms with Crippen molar-refractivity contribution in [3.05, 3.63) is 0 Å². The number of ether oxygens (including phenoxy) is 1. The molecule has 0 amide bonds. The second-order valence-electron chi connectivity index (χ2n) is 4.05. The Kier molecular flexibility index (Phi) is 7.98. The number of methoxy groups -OCH3 is 1. The Balaban J connectivity index is 4.74. The third-order valence-electron chi connectivity index (χ3n) is 2.26. The van der Waals surface area contributed by atoms with E-state index in [1.54, 1.807) is 0 Å². The molecule has 2 N–H and O–H groups in total. The molecule has 0 heterocycles.